The molecule has 0 saturated heterocycles. The summed E-state index contributed by atoms with van der Waals surface area (Å²) in [5, 5.41) is 10.4. The lowest BCUT2D eigenvalue weighted by molar-refractivity contribution is 0.267. The van der Waals surface area contributed by atoms with E-state index in [1.807, 2.05) is 17.4 Å². The van der Waals surface area contributed by atoms with E-state index in [9.17, 15) is 0 Å². The summed E-state index contributed by atoms with van der Waals surface area (Å²) >= 11 is 0. The van der Waals surface area contributed by atoms with Crippen LogP contribution in [-0.4, -0.2) is 74.2 Å². The summed E-state index contributed by atoms with van der Waals surface area (Å²) in [7, 11) is 4.18. The SMILES string of the molecule is CN(C)CCCNC1=NCC/C(c2ccccc2)=N\N(CC2CCC(N)CC2)/C=N/1. The minimum absolute atomic E-state index is 0.360. The van der Waals surface area contributed by atoms with Crippen LogP contribution in [0.1, 0.15) is 44.1 Å². The molecule has 1 fully saturated rings. The maximum absolute atomic E-state index is 6.09. The Balaban J connectivity index is 1.70. The van der Waals surface area contributed by atoms with Crippen molar-refractivity contribution in [2.75, 3.05) is 40.3 Å². The van der Waals surface area contributed by atoms with E-state index < -0.39 is 0 Å². The van der Waals surface area contributed by atoms with Crippen molar-refractivity contribution in [3.05, 3.63) is 35.9 Å². The van der Waals surface area contributed by atoms with Crippen molar-refractivity contribution in [3.63, 3.8) is 0 Å². The molecule has 0 unspecified atom stereocenters. The highest BCUT2D eigenvalue weighted by molar-refractivity contribution is 6.01. The van der Waals surface area contributed by atoms with E-state index in [1.165, 1.54) is 0 Å². The van der Waals surface area contributed by atoms with E-state index in [1.54, 1.807) is 0 Å². The van der Waals surface area contributed by atoms with Gasteiger partial charge in [-0.1, -0.05) is 30.3 Å². The Kier molecular flexibility index (Phi) is 8.83. The number of hydrogen-bond donors (Lipinski definition) is 2. The van der Waals surface area contributed by atoms with Gasteiger partial charge in [0.05, 0.1) is 5.71 Å². The number of rotatable bonds is 7. The first-order chi connectivity index (χ1) is 14.6. The molecule has 164 valence electrons. The summed E-state index contributed by atoms with van der Waals surface area (Å²) < 4.78 is 0. The van der Waals surface area contributed by atoms with Gasteiger partial charge in [0.15, 0.2) is 0 Å². The van der Waals surface area contributed by atoms with Crippen molar-refractivity contribution >= 4 is 18.0 Å². The zero-order valence-corrected chi connectivity index (χ0v) is 18.5. The van der Waals surface area contributed by atoms with Crippen LogP contribution in [-0.2, 0) is 0 Å². The number of aliphatic imine (C=N–C) groups is 2. The van der Waals surface area contributed by atoms with Crippen LogP contribution in [0.5, 0.6) is 0 Å². The Labute approximate surface area is 181 Å². The number of nitrogens with one attached hydrogen (secondary N) is 1. The van der Waals surface area contributed by atoms with Crippen molar-refractivity contribution in [1.29, 1.82) is 0 Å². The zero-order chi connectivity index (χ0) is 21.2. The van der Waals surface area contributed by atoms with Gasteiger partial charge in [0.2, 0.25) is 5.96 Å². The van der Waals surface area contributed by atoms with Crippen molar-refractivity contribution in [3.8, 4) is 0 Å². The fraction of sp³-hybridized carbons (Fsp3) is 0.609. The Bertz CT molecular complexity index is 718. The molecule has 3 rings (SSSR count). The van der Waals surface area contributed by atoms with Gasteiger partial charge in [-0.05, 0) is 64.2 Å². The van der Waals surface area contributed by atoms with Crippen molar-refractivity contribution in [2.24, 2.45) is 26.7 Å². The van der Waals surface area contributed by atoms with E-state index in [0.717, 1.165) is 69.4 Å². The third-order valence-electron chi connectivity index (χ3n) is 5.68. The number of guanidine groups is 1. The Morgan fingerprint density at radius 2 is 1.90 bits per heavy atom. The lowest BCUT2D eigenvalue weighted by Gasteiger charge is -2.28. The summed E-state index contributed by atoms with van der Waals surface area (Å²) in [6.07, 6.45) is 8.22. The topological polar surface area (TPSA) is 81.6 Å². The second kappa shape index (κ2) is 11.8. The lowest BCUT2D eigenvalue weighted by Crippen LogP contribution is -2.33. The molecule has 1 aromatic rings. The smallest absolute Gasteiger partial charge is 0.219 e. The van der Waals surface area contributed by atoms with Crippen LogP contribution in [0.4, 0.5) is 0 Å². The van der Waals surface area contributed by atoms with Crippen LogP contribution < -0.4 is 11.1 Å². The number of nitrogens with zero attached hydrogens (tertiary/aromatic N) is 5. The van der Waals surface area contributed by atoms with Gasteiger partial charge < -0.3 is 16.0 Å². The highest BCUT2D eigenvalue weighted by Crippen LogP contribution is 2.24. The third-order valence-corrected chi connectivity index (χ3v) is 5.68. The molecule has 0 radical (unpaired) electrons. The average Bonchev–Trinajstić information content (AvgIpc) is 2.84. The normalized spacial score (nSPS) is 25.5. The van der Waals surface area contributed by atoms with Gasteiger partial charge in [-0.2, -0.15) is 5.10 Å². The predicted molar refractivity (Wildman–Crippen MR) is 126 cm³/mol. The van der Waals surface area contributed by atoms with Gasteiger partial charge in [-0.25, -0.2) is 4.99 Å². The van der Waals surface area contributed by atoms with Gasteiger partial charge in [-0.3, -0.25) is 10.0 Å². The second-order valence-electron chi connectivity index (χ2n) is 8.60. The van der Waals surface area contributed by atoms with Crippen LogP contribution >= 0.6 is 0 Å². The summed E-state index contributed by atoms with van der Waals surface area (Å²) in [4.78, 5) is 11.5. The quantitative estimate of drug-likeness (QED) is 0.676. The highest BCUT2D eigenvalue weighted by Gasteiger charge is 2.21. The molecule has 7 nitrogen and oxygen atoms in total. The highest BCUT2D eigenvalue weighted by atomic mass is 15.5. The summed E-state index contributed by atoms with van der Waals surface area (Å²) in [5.41, 5.74) is 8.31. The van der Waals surface area contributed by atoms with E-state index in [0.29, 0.717) is 24.5 Å². The monoisotopic (exact) mass is 411 g/mol. The average molecular weight is 412 g/mol. The summed E-state index contributed by atoms with van der Waals surface area (Å²) in [6.45, 7) is 3.45. The molecule has 30 heavy (non-hydrogen) atoms. The molecule has 1 saturated carbocycles. The molecular formula is C23H37N7. The first-order valence-corrected chi connectivity index (χ1v) is 11.2. The predicted octanol–water partition coefficient (Wildman–Crippen LogP) is 2.54. The van der Waals surface area contributed by atoms with Crippen molar-refractivity contribution < 1.29 is 0 Å². The first kappa shape index (κ1) is 22.4. The molecule has 1 aliphatic carbocycles. The molecule has 0 amide bonds. The third kappa shape index (κ3) is 7.54. The van der Waals surface area contributed by atoms with E-state index >= 15 is 0 Å². The van der Waals surface area contributed by atoms with Crippen LogP contribution in [0.15, 0.2) is 45.4 Å². The van der Waals surface area contributed by atoms with Crippen LogP contribution in [0.25, 0.3) is 0 Å². The molecule has 1 heterocycles. The first-order valence-electron chi connectivity index (χ1n) is 11.2. The molecule has 7 heteroatoms. The van der Waals surface area contributed by atoms with Gasteiger partial charge in [-0.15, -0.1) is 0 Å². The van der Waals surface area contributed by atoms with Gasteiger partial charge in [0, 0.05) is 32.1 Å². The summed E-state index contributed by atoms with van der Waals surface area (Å²) in [6, 6.07) is 10.8. The Morgan fingerprint density at radius 3 is 2.63 bits per heavy atom. The van der Waals surface area contributed by atoms with Gasteiger partial charge in [0.25, 0.3) is 0 Å². The number of hydrazone groups is 1. The molecule has 2 aliphatic rings. The van der Waals surface area contributed by atoms with Gasteiger partial charge >= 0.3 is 0 Å². The summed E-state index contributed by atoms with van der Waals surface area (Å²) in [5.74, 6) is 1.31. The number of hydrogen-bond acceptors (Lipinski definition) is 7. The maximum Gasteiger partial charge on any atom is 0.219 e. The fourth-order valence-electron chi connectivity index (χ4n) is 3.91. The lowest BCUT2D eigenvalue weighted by atomic mass is 9.86. The standard InChI is InChI=1S/C23H37N7/c1-29(2)16-6-14-25-23-26-15-13-22(20-7-4-3-5-8-20)28-30(18-27-23)17-19-9-11-21(24)12-10-19/h3-5,7-8,18-19,21H,6,9-17,24H2,1-2H3,(H,25,26)/b27-18+,28-22+. The largest absolute Gasteiger partial charge is 0.354 e. The number of nitrogens with two attached hydrogens (primary N) is 1. The van der Waals surface area contributed by atoms with Crippen molar-refractivity contribution in [2.45, 2.75) is 44.6 Å². The minimum Gasteiger partial charge on any atom is -0.354 e. The van der Waals surface area contributed by atoms with E-state index in [4.69, 9.17) is 15.8 Å². The van der Waals surface area contributed by atoms with Crippen LogP contribution in [0.3, 0.4) is 0 Å². The number of benzene rings is 1. The van der Waals surface area contributed by atoms with Crippen molar-refractivity contribution in [1.82, 2.24) is 15.2 Å². The fourth-order valence-corrected chi connectivity index (χ4v) is 3.91. The molecule has 1 aromatic carbocycles. The Morgan fingerprint density at radius 1 is 1.13 bits per heavy atom. The Hall–Kier alpha value is -2.25. The molecule has 0 aromatic heterocycles. The van der Waals surface area contributed by atoms with E-state index in [2.05, 4.69) is 53.6 Å². The van der Waals surface area contributed by atoms with Crippen LogP contribution in [0.2, 0.25) is 0 Å². The molecule has 0 spiro atoms. The van der Waals surface area contributed by atoms with Gasteiger partial charge in [0.1, 0.15) is 6.34 Å². The molecule has 1 aliphatic heterocycles. The van der Waals surface area contributed by atoms with E-state index in [-0.39, 0.29) is 0 Å². The van der Waals surface area contributed by atoms with Crippen LogP contribution in [0, 0.1) is 5.92 Å². The molecule has 0 bridgehead atoms. The molecular weight excluding hydrogens is 374 g/mol. The zero-order valence-electron chi connectivity index (χ0n) is 18.5. The second-order valence-corrected chi connectivity index (χ2v) is 8.60. The molecule has 0 atom stereocenters. The maximum atomic E-state index is 6.09. The minimum atomic E-state index is 0.360. The molecule has 3 N–H and O–H groups in total.